The lowest BCUT2D eigenvalue weighted by Crippen LogP contribution is -2.11. The van der Waals surface area contributed by atoms with Gasteiger partial charge >= 0.3 is 0 Å². The number of rotatable bonds is 5. The number of fused-ring (bicyclic) bond motifs is 2. The highest BCUT2D eigenvalue weighted by Gasteiger charge is 2.19. The van der Waals surface area contributed by atoms with E-state index in [0.717, 1.165) is 33.2 Å². The topological polar surface area (TPSA) is 55.1 Å². The van der Waals surface area contributed by atoms with Gasteiger partial charge in [-0.3, -0.25) is 4.79 Å². The van der Waals surface area contributed by atoms with Gasteiger partial charge in [0.25, 0.3) is 5.91 Å². The van der Waals surface area contributed by atoms with Gasteiger partial charge in [-0.25, -0.2) is 4.98 Å². The van der Waals surface area contributed by atoms with Gasteiger partial charge in [-0.05, 0) is 54.3 Å². The number of amides is 1. The Morgan fingerprint density at radius 3 is 2.73 bits per heavy atom. The first-order valence-corrected chi connectivity index (χ1v) is 12.2. The quantitative estimate of drug-likeness (QED) is 0.265. The number of nitrogens with one attached hydrogen (secondary N) is 1. The Hall–Kier alpha value is -2.86. The van der Waals surface area contributed by atoms with E-state index in [9.17, 15) is 4.79 Å². The Morgan fingerprint density at radius 2 is 1.94 bits per heavy atom. The second kappa shape index (κ2) is 8.82. The molecule has 0 saturated carbocycles. The number of halogens is 2. The summed E-state index contributed by atoms with van der Waals surface area (Å²) >= 11 is 14.2. The number of hydrogen-bond donors (Lipinski definition) is 1. The van der Waals surface area contributed by atoms with Crippen LogP contribution in [0.5, 0.6) is 0 Å². The molecule has 0 aliphatic heterocycles. The average molecular weight is 495 g/mol. The van der Waals surface area contributed by atoms with Crippen LogP contribution >= 0.6 is 34.5 Å². The molecule has 2 aromatic heterocycles. The van der Waals surface area contributed by atoms with E-state index in [2.05, 4.69) is 36.3 Å². The highest BCUT2D eigenvalue weighted by molar-refractivity contribution is 7.21. The zero-order chi connectivity index (χ0) is 23.1. The summed E-state index contributed by atoms with van der Waals surface area (Å²) in [5, 5.41) is 4.61. The lowest BCUT2D eigenvalue weighted by molar-refractivity contribution is 0.103. The first kappa shape index (κ1) is 22.0. The van der Waals surface area contributed by atoms with Crippen molar-refractivity contribution in [1.82, 2.24) is 4.98 Å². The van der Waals surface area contributed by atoms with Crippen LogP contribution in [0.25, 0.3) is 32.6 Å². The first-order valence-electron chi connectivity index (χ1n) is 10.6. The van der Waals surface area contributed by atoms with E-state index in [0.29, 0.717) is 32.4 Å². The summed E-state index contributed by atoms with van der Waals surface area (Å²) < 4.78 is 6.93. The number of hydrogen-bond acceptors (Lipinski definition) is 4. The summed E-state index contributed by atoms with van der Waals surface area (Å²) in [7, 11) is 0. The number of anilines is 1. The van der Waals surface area contributed by atoms with Crippen LogP contribution in [0.3, 0.4) is 0 Å². The van der Waals surface area contributed by atoms with Gasteiger partial charge < -0.3 is 9.73 Å². The van der Waals surface area contributed by atoms with Gasteiger partial charge in [-0.15, -0.1) is 11.3 Å². The summed E-state index contributed by atoms with van der Waals surface area (Å²) in [6.45, 7) is 4.36. The summed E-state index contributed by atoms with van der Waals surface area (Å²) in [6, 6.07) is 19.1. The molecule has 0 bridgehead atoms. The molecule has 166 valence electrons. The zero-order valence-corrected chi connectivity index (χ0v) is 20.3. The minimum atomic E-state index is -0.309. The summed E-state index contributed by atoms with van der Waals surface area (Å²) in [5.41, 5.74) is 3.94. The lowest BCUT2D eigenvalue weighted by Gasteiger charge is -2.08. The number of carbonyl (C=O) groups is 1. The average Bonchev–Trinajstić information content (AvgIpc) is 3.41. The van der Waals surface area contributed by atoms with Crippen molar-refractivity contribution in [3.05, 3.63) is 81.1 Å². The molecule has 1 atom stereocenters. The molecule has 2 heterocycles. The van der Waals surface area contributed by atoms with Crippen molar-refractivity contribution in [1.29, 1.82) is 0 Å². The Balaban J connectivity index is 1.46. The molecule has 0 radical (unpaired) electrons. The monoisotopic (exact) mass is 494 g/mol. The van der Waals surface area contributed by atoms with E-state index in [1.807, 2.05) is 36.4 Å². The Bertz CT molecular complexity index is 1510. The van der Waals surface area contributed by atoms with Crippen molar-refractivity contribution < 1.29 is 9.21 Å². The van der Waals surface area contributed by atoms with E-state index >= 15 is 0 Å². The van der Waals surface area contributed by atoms with Crippen LogP contribution in [0.15, 0.2) is 65.1 Å². The molecular weight excluding hydrogens is 475 g/mol. The molecule has 4 nitrogen and oxygen atoms in total. The van der Waals surface area contributed by atoms with E-state index in [4.69, 9.17) is 27.6 Å². The lowest BCUT2D eigenvalue weighted by atomic mass is 9.98. The predicted octanol–water partition coefficient (Wildman–Crippen LogP) is 8.78. The molecule has 5 rings (SSSR count). The Kier molecular flexibility index (Phi) is 5.87. The van der Waals surface area contributed by atoms with Gasteiger partial charge in [0.2, 0.25) is 5.89 Å². The highest BCUT2D eigenvalue weighted by Crippen LogP contribution is 2.37. The van der Waals surface area contributed by atoms with Crippen molar-refractivity contribution >= 4 is 67.3 Å². The minimum Gasteiger partial charge on any atom is -0.436 e. The summed E-state index contributed by atoms with van der Waals surface area (Å²) in [5.74, 6) is 0.613. The molecule has 7 heteroatoms. The third-order valence-corrected chi connectivity index (χ3v) is 7.80. The van der Waals surface area contributed by atoms with Crippen molar-refractivity contribution in [2.45, 2.75) is 26.2 Å². The highest BCUT2D eigenvalue weighted by atomic mass is 35.5. The first-order chi connectivity index (χ1) is 15.9. The van der Waals surface area contributed by atoms with Crippen LogP contribution < -0.4 is 5.32 Å². The van der Waals surface area contributed by atoms with Crippen LogP contribution in [-0.4, -0.2) is 10.9 Å². The molecule has 0 spiro atoms. The smallest absolute Gasteiger partial charge is 0.267 e. The molecule has 0 aliphatic carbocycles. The van der Waals surface area contributed by atoms with Gasteiger partial charge in [0.05, 0.1) is 15.7 Å². The number of thiophene rings is 1. The van der Waals surface area contributed by atoms with E-state index < -0.39 is 0 Å². The number of benzene rings is 3. The second-order valence-electron chi connectivity index (χ2n) is 7.95. The number of carbonyl (C=O) groups excluding carboxylic acids is 1. The van der Waals surface area contributed by atoms with Crippen LogP contribution in [0.4, 0.5) is 5.69 Å². The Morgan fingerprint density at radius 1 is 1.12 bits per heavy atom. The fraction of sp³-hybridized carbons (Fsp3) is 0.154. The van der Waals surface area contributed by atoms with Gasteiger partial charge in [0, 0.05) is 15.6 Å². The summed E-state index contributed by atoms with van der Waals surface area (Å²) in [4.78, 5) is 18.1. The molecule has 0 fully saturated rings. The standard InChI is InChI=1S/C26H20Cl2N2O2S/c1-3-14(2)15-9-11-21-20(12-15)30-26(32-21)16-8-10-18(27)19(13-16)29-25(31)24-23(28)17-6-4-5-7-22(17)33-24/h4-14H,3H2,1-2H3,(H,29,31)/t14-/m0/s1. The maximum Gasteiger partial charge on any atom is 0.267 e. The molecule has 0 aliphatic rings. The molecule has 1 N–H and O–H groups in total. The molecule has 5 aromatic rings. The fourth-order valence-electron chi connectivity index (χ4n) is 3.70. The minimum absolute atomic E-state index is 0.309. The van der Waals surface area contributed by atoms with Crippen LogP contribution in [0, 0.1) is 0 Å². The van der Waals surface area contributed by atoms with E-state index in [1.165, 1.54) is 16.9 Å². The van der Waals surface area contributed by atoms with Crippen molar-refractivity contribution in [2.24, 2.45) is 0 Å². The molecule has 1 amide bonds. The van der Waals surface area contributed by atoms with Crippen molar-refractivity contribution in [2.75, 3.05) is 5.32 Å². The molecule has 0 unspecified atom stereocenters. The SMILES string of the molecule is CC[C@H](C)c1ccc2oc(-c3ccc(Cl)c(NC(=O)c4sc5ccccc5c4Cl)c3)nc2c1. The maximum absolute atomic E-state index is 13.0. The van der Waals surface area contributed by atoms with Crippen LogP contribution in [0.2, 0.25) is 10.0 Å². The zero-order valence-electron chi connectivity index (χ0n) is 18.0. The van der Waals surface area contributed by atoms with Crippen molar-refractivity contribution in [3.63, 3.8) is 0 Å². The maximum atomic E-state index is 13.0. The molecule has 0 saturated heterocycles. The normalized spacial score (nSPS) is 12.4. The van der Waals surface area contributed by atoms with Gasteiger partial charge in [-0.2, -0.15) is 0 Å². The predicted molar refractivity (Wildman–Crippen MR) is 138 cm³/mol. The van der Waals surface area contributed by atoms with Gasteiger partial charge in [0.15, 0.2) is 5.58 Å². The van der Waals surface area contributed by atoms with Crippen molar-refractivity contribution in [3.8, 4) is 11.5 Å². The largest absolute Gasteiger partial charge is 0.436 e. The Labute approximate surface area is 205 Å². The third kappa shape index (κ3) is 4.12. The van der Waals surface area contributed by atoms with Gasteiger partial charge in [0.1, 0.15) is 10.4 Å². The molecular formula is C26H20Cl2N2O2S. The number of nitrogens with zero attached hydrogens (tertiary/aromatic N) is 1. The van der Waals surface area contributed by atoms with Crippen LogP contribution in [0.1, 0.15) is 41.4 Å². The molecule has 33 heavy (non-hydrogen) atoms. The van der Waals surface area contributed by atoms with Crippen LogP contribution in [-0.2, 0) is 0 Å². The second-order valence-corrected chi connectivity index (χ2v) is 9.78. The fourth-order valence-corrected chi connectivity index (χ4v) is 5.28. The van der Waals surface area contributed by atoms with Gasteiger partial charge in [-0.1, -0.05) is 61.3 Å². The molecule has 3 aromatic carbocycles. The third-order valence-electron chi connectivity index (χ3n) is 5.80. The van der Waals surface area contributed by atoms with E-state index in [-0.39, 0.29) is 5.91 Å². The van der Waals surface area contributed by atoms with E-state index in [1.54, 1.807) is 12.1 Å². The number of aromatic nitrogens is 1. The number of oxazole rings is 1. The summed E-state index contributed by atoms with van der Waals surface area (Å²) in [6.07, 6.45) is 1.06.